The lowest BCUT2D eigenvalue weighted by Crippen LogP contribution is -2.47. The summed E-state index contributed by atoms with van der Waals surface area (Å²) in [6.07, 6.45) is 1.76. The summed E-state index contributed by atoms with van der Waals surface area (Å²) in [5.74, 6) is 2.04. The first kappa shape index (κ1) is 19.5. The Balaban J connectivity index is 1.40. The average molecular weight is 399 g/mol. The van der Waals surface area contributed by atoms with Crippen LogP contribution in [0.1, 0.15) is 24.0 Å². The van der Waals surface area contributed by atoms with Crippen molar-refractivity contribution in [3.8, 4) is 11.5 Å². The van der Waals surface area contributed by atoms with E-state index < -0.39 is 0 Å². The molecule has 6 nitrogen and oxygen atoms in total. The van der Waals surface area contributed by atoms with Gasteiger partial charge in [-0.15, -0.1) is 0 Å². The van der Waals surface area contributed by atoms with E-state index in [-0.39, 0.29) is 18.0 Å². The number of nitrogens with zero attached hydrogens (tertiary/aromatic N) is 1. The Hall–Kier alpha value is -2.80. The standard InChI is InChI=1S/C22H26FN3O3/c1-24-21(25-13-16-2-7-19-20(12-16)29-15-28-19)26-14-22(8-10-27-11-9-22)17-3-5-18(23)6-4-17/h2-7,12H,8-11,13-15H2,1H3,(H2,24,25,26). The van der Waals surface area contributed by atoms with Gasteiger partial charge in [0.05, 0.1) is 0 Å². The van der Waals surface area contributed by atoms with E-state index in [9.17, 15) is 4.39 Å². The van der Waals surface area contributed by atoms with E-state index in [4.69, 9.17) is 14.2 Å². The molecule has 7 heteroatoms. The van der Waals surface area contributed by atoms with Crippen molar-refractivity contribution in [2.45, 2.75) is 24.8 Å². The van der Waals surface area contributed by atoms with Gasteiger partial charge in [0.15, 0.2) is 17.5 Å². The van der Waals surface area contributed by atoms with Crippen molar-refractivity contribution in [3.63, 3.8) is 0 Å². The number of hydrogen-bond donors (Lipinski definition) is 2. The Morgan fingerprint density at radius 3 is 2.55 bits per heavy atom. The fraction of sp³-hybridized carbons (Fsp3) is 0.409. The highest BCUT2D eigenvalue weighted by Gasteiger charge is 2.34. The third kappa shape index (κ3) is 4.45. The minimum atomic E-state index is -0.217. The van der Waals surface area contributed by atoms with Crippen molar-refractivity contribution in [3.05, 3.63) is 59.4 Å². The van der Waals surface area contributed by atoms with Gasteiger partial charge < -0.3 is 24.8 Å². The van der Waals surface area contributed by atoms with Crippen LogP contribution in [0.5, 0.6) is 11.5 Å². The second-order valence-electron chi connectivity index (χ2n) is 7.37. The zero-order valence-corrected chi connectivity index (χ0v) is 16.5. The van der Waals surface area contributed by atoms with Gasteiger partial charge in [-0.05, 0) is 48.2 Å². The first-order valence-electron chi connectivity index (χ1n) is 9.85. The minimum absolute atomic E-state index is 0.109. The molecule has 2 heterocycles. The van der Waals surface area contributed by atoms with Crippen molar-refractivity contribution in [2.24, 2.45) is 4.99 Å². The van der Waals surface area contributed by atoms with Gasteiger partial charge in [0, 0.05) is 38.8 Å². The van der Waals surface area contributed by atoms with Crippen molar-refractivity contribution in [2.75, 3.05) is 33.6 Å². The number of aliphatic imine (C=N–C) groups is 1. The van der Waals surface area contributed by atoms with Gasteiger partial charge in [0.1, 0.15) is 5.82 Å². The minimum Gasteiger partial charge on any atom is -0.454 e. The molecule has 0 atom stereocenters. The zero-order chi connectivity index (χ0) is 20.1. The molecule has 4 rings (SSSR count). The Morgan fingerprint density at radius 2 is 1.79 bits per heavy atom. The van der Waals surface area contributed by atoms with Crippen molar-refractivity contribution in [1.29, 1.82) is 0 Å². The third-order valence-electron chi connectivity index (χ3n) is 5.62. The Kier molecular flexibility index (Phi) is 5.85. The molecule has 2 aliphatic rings. The molecule has 154 valence electrons. The second-order valence-corrected chi connectivity index (χ2v) is 7.37. The summed E-state index contributed by atoms with van der Waals surface area (Å²) >= 11 is 0. The van der Waals surface area contributed by atoms with Crippen molar-refractivity contribution in [1.82, 2.24) is 10.6 Å². The molecule has 0 unspecified atom stereocenters. The van der Waals surface area contributed by atoms with E-state index >= 15 is 0 Å². The summed E-state index contributed by atoms with van der Waals surface area (Å²) in [5.41, 5.74) is 2.10. The van der Waals surface area contributed by atoms with Gasteiger partial charge in [0.2, 0.25) is 6.79 Å². The SMILES string of the molecule is CN=C(NCc1ccc2c(c1)OCO2)NCC1(c2ccc(F)cc2)CCOCC1. The molecule has 0 aromatic heterocycles. The Labute approximate surface area is 170 Å². The molecule has 2 aliphatic heterocycles. The second kappa shape index (κ2) is 8.69. The van der Waals surface area contributed by atoms with Crippen LogP contribution in [-0.4, -0.2) is 39.6 Å². The van der Waals surface area contributed by atoms with Gasteiger partial charge in [-0.25, -0.2) is 4.39 Å². The Morgan fingerprint density at radius 1 is 1.03 bits per heavy atom. The van der Waals surface area contributed by atoms with E-state index in [0.29, 0.717) is 26.3 Å². The summed E-state index contributed by atoms with van der Waals surface area (Å²) in [6.45, 7) is 2.97. The fourth-order valence-electron chi connectivity index (χ4n) is 3.84. The number of halogens is 1. The summed E-state index contributed by atoms with van der Waals surface area (Å²) in [7, 11) is 1.75. The first-order chi connectivity index (χ1) is 14.2. The summed E-state index contributed by atoms with van der Waals surface area (Å²) in [4.78, 5) is 4.35. The smallest absolute Gasteiger partial charge is 0.231 e. The predicted molar refractivity (Wildman–Crippen MR) is 109 cm³/mol. The highest BCUT2D eigenvalue weighted by molar-refractivity contribution is 5.79. The number of fused-ring (bicyclic) bond motifs is 1. The van der Waals surface area contributed by atoms with Crippen molar-refractivity contribution < 1.29 is 18.6 Å². The van der Waals surface area contributed by atoms with Gasteiger partial charge in [0.25, 0.3) is 0 Å². The van der Waals surface area contributed by atoms with Gasteiger partial charge >= 0.3 is 0 Å². The maximum atomic E-state index is 13.4. The summed E-state index contributed by atoms with van der Waals surface area (Å²) < 4.78 is 29.8. The van der Waals surface area contributed by atoms with E-state index in [2.05, 4.69) is 15.6 Å². The number of benzene rings is 2. The summed E-state index contributed by atoms with van der Waals surface area (Å²) in [5, 5.41) is 6.79. The lowest BCUT2D eigenvalue weighted by atomic mass is 9.74. The number of guanidine groups is 1. The first-order valence-corrected chi connectivity index (χ1v) is 9.85. The Bertz CT molecular complexity index is 864. The van der Waals surface area contributed by atoms with Crippen LogP contribution in [0.3, 0.4) is 0 Å². The maximum Gasteiger partial charge on any atom is 0.231 e. The monoisotopic (exact) mass is 399 g/mol. The number of ether oxygens (including phenoxy) is 3. The molecule has 1 saturated heterocycles. The molecule has 0 spiro atoms. The fourth-order valence-corrected chi connectivity index (χ4v) is 3.84. The molecule has 0 bridgehead atoms. The highest BCUT2D eigenvalue weighted by Crippen LogP contribution is 2.34. The normalized spacial score (nSPS) is 17.8. The van der Waals surface area contributed by atoms with Gasteiger partial charge in [-0.1, -0.05) is 18.2 Å². The largest absolute Gasteiger partial charge is 0.454 e. The zero-order valence-electron chi connectivity index (χ0n) is 16.5. The molecule has 0 radical (unpaired) electrons. The quantitative estimate of drug-likeness (QED) is 0.598. The predicted octanol–water partition coefficient (Wildman–Crippen LogP) is 2.97. The molecule has 2 N–H and O–H groups in total. The van der Waals surface area contributed by atoms with Crippen LogP contribution in [-0.2, 0) is 16.7 Å². The van der Waals surface area contributed by atoms with E-state index in [1.54, 1.807) is 7.05 Å². The van der Waals surface area contributed by atoms with E-state index in [1.165, 1.54) is 12.1 Å². The molecule has 2 aromatic rings. The molecule has 2 aromatic carbocycles. The van der Waals surface area contributed by atoms with Crippen LogP contribution in [0.15, 0.2) is 47.5 Å². The molecule has 1 fully saturated rings. The van der Waals surface area contributed by atoms with Crippen LogP contribution in [0.2, 0.25) is 0 Å². The third-order valence-corrected chi connectivity index (χ3v) is 5.62. The van der Waals surface area contributed by atoms with Crippen LogP contribution in [0.25, 0.3) is 0 Å². The maximum absolute atomic E-state index is 13.4. The number of nitrogens with one attached hydrogen (secondary N) is 2. The van der Waals surface area contributed by atoms with E-state index in [0.717, 1.165) is 41.4 Å². The topological polar surface area (TPSA) is 64.1 Å². The van der Waals surface area contributed by atoms with Gasteiger partial charge in [-0.2, -0.15) is 0 Å². The van der Waals surface area contributed by atoms with Crippen molar-refractivity contribution >= 4 is 5.96 Å². The highest BCUT2D eigenvalue weighted by atomic mass is 19.1. The molecular weight excluding hydrogens is 373 g/mol. The van der Waals surface area contributed by atoms with Crippen LogP contribution in [0.4, 0.5) is 4.39 Å². The van der Waals surface area contributed by atoms with Crippen LogP contribution >= 0.6 is 0 Å². The molecular formula is C22H26FN3O3. The lowest BCUT2D eigenvalue weighted by Gasteiger charge is -2.38. The van der Waals surface area contributed by atoms with E-state index in [1.807, 2.05) is 30.3 Å². The van der Waals surface area contributed by atoms with Crippen LogP contribution in [0, 0.1) is 5.82 Å². The summed E-state index contributed by atoms with van der Waals surface area (Å²) in [6, 6.07) is 12.7. The molecule has 0 amide bonds. The van der Waals surface area contributed by atoms with Crippen LogP contribution < -0.4 is 20.1 Å². The number of rotatable bonds is 5. The average Bonchev–Trinajstić information content (AvgIpc) is 3.23. The van der Waals surface area contributed by atoms with Gasteiger partial charge in [-0.3, -0.25) is 4.99 Å². The lowest BCUT2D eigenvalue weighted by molar-refractivity contribution is 0.0513. The molecule has 0 aliphatic carbocycles. The number of hydrogen-bond acceptors (Lipinski definition) is 4. The molecule has 0 saturated carbocycles. The molecule has 29 heavy (non-hydrogen) atoms.